The molecule has 0 atom stereocenters. The highest BCUT2D eigenvalue weighted by atomic mass is 32.1. The van der Waals surface area contributed by atoms with E-state index in [1.54, 1.807) is 0 Å². The van der Waals surface area contributed by atoms with Gasteiger partial charge in [0.1, 0.15) is 0 Å². The van der Waals surface area contributed by atoms with Crippen LogP contribution in [0.4, 0.5) is 0 Å². The van der Waals surface area contributed by atoms with Gasteiger partial charge in [0.15, 0.2) is 17.5 Å². The van der Waals surface area contributed by atoms with Crippen LogP contribution < -0.4 is 0 Å². The van der Waals surface area contributed by atoms with Crippen molar-refractivity contribution in [3.63, 3.8) is 0 Å². The Hall–Kier alpha value is -6.56. The van der Waals surface area contributed by atoms with E-state index in [-0.39, 0.29) is 0 Å². The molecule has 0 spiro atoms. The zero-order valence-electron chi connectivity index (χ0n) is 27.4. The molecule has 10 rings (SSSR count). The summed E-state index contributed by atoms with van der Waals surface area (Å²) >= 11 is 1.85. The second-order valence-corrected chi connectivity index (χ2v) is 13.7. The van der Waals surface area contributed by atoms with Gasteiger partial charge < -0.3 is 0 Å². The molecular formula is C46H28N4S. The Kier molecular flexibility index (Phi) is 6.96. The van der Waals surface area contributed by atoms with Crippen LogP contribution >= 0.6 is 11.3 Å². The van der Waals surface area contributed by atoms with Crippen molar-refractivity contribution in [1.29, 1.82) is 0 Å². The van der Waals surface area contributed by atoms with Crippen LogP contribution in [0.5, 0.6) is 0 Å². The number of hydrogen-bond donors (Lipinski definition) is 0. The van der Waals surface area contributed by atoms with Crippen LogP contribution in [-0.4, -0.2) is 19.9 Å². The summed E-state index contributed by atoms with van der Waals surface area (Å²) < 4.78 is 2.56. The van der Waals surface area contributed by atoms with Crippen molar-refractivity contribution in [2.75, 3.05) is 0 Å². The topological polar surface area (TPSA) is 51.6 Å². The first-order valence-electron chi connectivity index (χ1n) is 17.0. The molecule has 0 saturated heterocycles. The third-order valence-corrected chi connectivity index (χ3v) is 10.8. The molecule has 4 nitrogen and oxygen atoms in total. The highest BCUT2D eigenvalue weighted by Crippen LogP contribution is 2.43. The number of pyridine rings is 1. The van der Waals surface area contributed by atoms with E-state index in [0.29, 0.717) is 17.5 Å². The second kappa shape index (κ2) is 12.1. The van der Waals surface area contributed by atoms with Crippen LogP contribution in [0.1, 0.15) is 0 Å². The maximum absolute atomic E-state index is 4.95. The summed E-state index contributed by atoms with van der Waals surface area (Å²) in [6.45, 7) is 0. The van der Waals surface area contributed by atoms with Gasteiger partial charge in [-0.3, -0.25) is 4.98 Å². The average molecular weight is 669 g/mol. The number of nitrogens with zero attached hydrogens (tertiary/aromatic N) is 4. The first kappa shape index (κ1) is 29.4. The predicted octanol–water partition coefficient (Wildman–Crippen LogP) is 12.3. The van der Waals surface area contributed by atoms with E-state index in [4.69, 9.17) is 19.9 Å². The van der Waals surface area contributed by atoms with Gasteiger partial charge in [0.2, 0.25) is 0 Å². The highest BCUT2D eigenvalue weighted by Gasteiger charge is 2.16. The number of aromatic nitrogens is 4. The number of para-hydroxylation sites is 1. The van der Waals surface area contributed by atoms with Crippen molar-refractivity contribution in [2.24, 2.45) is 0 Å². The summed E-state index contributed by atoms with van der Waals surface area (Å²) in [7, 11) is 0. The molecule has 3 aromatic heterocycles. The molecule has 0 fully saturated rings. The lowest BCUT2D eigenvalue weighted by Crippen LogP contribution is -2.00. The molecule has 0 unspecified atom stereocenters. The van der Waals surface area contributed by atoms with Crippen molar-refractivity contribution >= 4 is 53.2 Å². The summed E-state index contributed by atoms with van der Waals surface area (Å²) in [6.07, 6.45) is 1.99. The van der Waals surface area contributed by atoms with Gasteiger partial charge in [-0.2, -0.15) is 0 Å². The van der Waals surface area contributed by atoms with Gasteiger partial charge in [0, 0.05) is 59.4 Å². The summed E-state index contributed by atoms with van der Waals surface area (Å²) in [5.41, 5.74) is 8.56. The second-order valence-electron chi connectivity index (χ2n) is 12.7. The number of rotatable bonds is 5. The molecule has 0 radical (unpaired) electrons. The Morgan fingerprint density at radius 1 is 0.373 bits per heavy atom. The Bertz CT molecular complexity index is 2840. The molecule has 51 heavy (non-hydrogen) atoms. The molecule has 0 N–H and O–H groups in total. The molecule has 10 aromatic rings. The van der Waals surface area contributed by atoms with Crippen molar-refractivity contribution in [2.45, 2.75) is 0 Å². The molecule has 7 aromatic carbocycles. The minimum Gasteiger partial charge on any atom is -0.256 e. The lowest BCUT2D eigenvalue weighted by Gasteiger charge is -2.12. The smallest absolute Gasteiger partial charge is 0.164 e. The van der Waals surface area contributed by atoms with E-state index < -0.39 is 0 Å². The number of benzene rings is 7. The molecule has 0 saturated carbocycles. The van der Waals surface area contributed by atoms with Crippen LogP contribution in [0.25, 0.3) is 98.3 Å². The van der Waals surface area contributed by atoms with Crippen LogP contribution in [0.2, 0.25) is 0 Å². The minimum atomic E-state index is 0.646. The van der Waals surface area contributed by atoms with Crippen molar-refractivity contribution in [1.82, 2.24) is 19.9 Å². The Labute approximate surface area is 298 Å². The third kappa shape index (κ3) is 5.23. The predicted molar refractivity (Wildman–Crippen MR) is 213 cm³/mol. The third-order valence-electron chi connectivity index (χ3n) is 9.55. The van der Waals surface area contributed by atoms with E-state index in [2.05, 4.69) is 97.1 Å². The highest BCUT2D eigenvalue weighted by molar-refractivity contribution is 7.26. The Balaban J connectivity index is 1.11. The van der Waals surface area contributed by atoms with E-state index in [0.717, 1.165) is 33.2 Å². The first-order chi connectivity index (χ1) is 25.2. The molecule has 5 heteroatoms. The monoisotopic (exact) mass is 668 g/mol. The zero-order valence-corrected chi connectivity index (χ0v) is 28.2. The van der Waals surface area contributed by atoms with Gasteiger partial charge >= 0.3 is 0 Å². The summed E-state index contributed by atoms with van der Waals surface area (Å²) in [5.74, 6) is 1.95. The molecule has 0 bridgehead atoms. The van der Waals surface area contributed by atoms with Gasteiger partial charge in [0.25, 0.3) is 0 Å². The first-order valence-corrected chi connectivity index (χ1v) is 17.8. The number of hydrogen-bond acceptors (Lipinski definition) is 5. The standard InChI is InChI=1S/C46H28N4S/c1-3-11-30(12-4-1)44-48-45(31-13-5-2-6-14-31)50-46(49-44)32-21-19-29(20-22-32)39-26-34(27-40-38-16-8-10-18-42(38)51-43(39)40)33-23-24-36-35(25-33)28-47-41-17-9-7-15-37(36)41/h1-28H. The largest absolute Gasteiger partial charge is 0.256 e. The van der Waals surface area contributed by atoms with E-state index in [1.165, 1.54) is 47.6 Å². The maximum Gasteiger partial charge on any atom is 0.164 e. The summed E-state index contributed by atoms with van der Waals surface area (Å²) in [4.78, 5) is 19.5. The lowest BCUT2D eigenvalue weighted by atomic mass is 9.94. The van der Waals surface area contributed by atoms with Gasteiger partial charge in [-0.05, 0) is 52.4 Å². The average Bonchev–Trinajstić information content (AvgIpc) is 3.59. The Morgan fingerprint density at radius 2 is 0.941 bits per heavy atom. The van der Waals surface area contributed by atoms with E-state index in [1.807, 2.05) is 84.3 Å². The van der Waals surface area contributed by atoms with E-state index >= 15 is 0 Å². The normalized spacial score (nSPS) is 11.5. The quantitative estimate of drug-likeness (QED) is 0.171. The van der Waals surface area contributed by atoms with Crippen molar-refractivity contribution in [3.8, 4) is 56.4 Å². The molecule has 0 aliphatic heterocycles. The van der Waals surface area contributed by atoms with Gasteiger partial charge in [0.05, 0.1) is 5.52 Å². The van der Waals surface area contributed by atoms with Crippen LogP contribution in [0, 0.1) is 0 Å². The molecule has 0 aliphatic carbocycles. The molecule has 0 amide bonds. The summed E-state index contributed by atoms with van der Waals surface area (Å²) in [6, 6.07) is 57.3. The molecular weight excluding hydrogens is 641 g/mol. The van der Waals surface area contributed by atoms with Gasteiger partial charge in [-0.1, -0.05) is 133 Å². The van der Waals surface area contributed by atoms with Crippen LogP contribution in [0.3, 0.4) is 0 Å². The molecule has 238 valence electrons. The van der Waals surface area contributed by atoms with Crippen LogP contribution in [-0.2, 0) is 0 Å². The van der Waals surface area contributed by atoms with Crippen LogP contribution in [0.15, 0.2) is 170 Å². The lowest BCUT2D eigenvalue weighted by molar-refractivity contribution is 1.07. The fourth-order valence-corrected chi connectivity index (χ4v) is 8.21. The van der Waals surface area contributed by atoms with Crippen molar-refractivity contribution in [3.05, 3.63) is 170 Å². The van der Waals surface area contributed by atoms with E-state index in [9.17, 15) is 0 Å². The number of thiophene rings is 1. The minimum absolute atomic E-state index is 0.646. The molecule has 0 aliphatic rings. The zero-order chi connectivity index (χ0) is 33.7. The molecule has 3 heterocycles. The van der Waals surface area contributed by atoms with Gasteiger partial charge in [-0.25, -0.2) is 15.0 Å². The SMILES string of the molecule is c1ccc(-c2nc(-c3ccccc3)nc(-c3ccc(-c4cc(-c5ccc6c(cnc7ccccc76)c5)cc5c4sc4ccccc45)cc3)n2)cc1. The summed E-state index contributed by atoms with van der Waals surface area (Å²) in [5, 5.41) is 6.06. The number of fused-ring (bicyclic) bond motifs is 6. The van der Waals surface area contributed by atoms with Gasteiger partial charge in [-0.15, -0.1) is 11.3 Å². The Morgan fingerprint density at radius 3 is 1.65 bits per heavy atom. The fraction of sp³-hybridized carbons (Fsp3) is 0. The fourth-order valence-electron chi connectivity index (χ4n) is 6.99. The maximum atomic E-state index is 4.95. The van der Waals surface area contributed by atoms with Crippen molar-refractivity contribution < 1.29 is 0 Å².